The predicted octanol–water partition coefficient (Wildman–Crippen LogP) is 0.251. The van der Waals surface area contributed by atoms with Crippen LogP contribution >= 0.6 is 0 Å². The van der Waals surface area contributed by atoms with Crippen molar-refractivity contribution in [3.63, 3.8) is 0 Å². The van der Waals surface area contributed by atoms with E-state index in [2.05, 4.69) is 15.5 Å². The van der Waals surface area contributed by atoms with Gasteiger partial charge in [-0.1, -0.05) is 0 Å². The van der Waals surface area contributed by atoms with Crippen LogP contribution in [0.1, 0.15) is 16.2 Å². The summed E-state index contributed by atoms with van der Waals surface area (Å²) in [6.07, 6.45) is 0. The van der Waals surface area contributed by atoms with Crippen molar-refractivity contribution in [1.29, 1.82) is 0 Å². The van der Waals surface area contributed by atoms with Gasteiger partial charge in [-0.2, -0.15) is 4.68 Å². The lowest BCUT2D eigenvalue weighted by Crippen LogP contribution is -2.06. The maximum Gasteiger partial charge on any atom is 0.335 e. The summed E-state index contributed by atoms with van der Waals surface area (Å²) in [4.78, 5) is 10.7. The van der Waals surface area contributed by atoms with E-state index in [0.29, 0.717) is 17.2 Å². The molecule has 0 saturated carbocycles. The van der Waals surface area contributed by atoms with Crippen molar-refractivity contribution < 1.29 is 9.90 Å². The second kappa shape index (κ2) is 3.61. The minimum Gasteiger partial charge on any atom is -0.478 e. The average Bonchev–Trinajstić information content (AvgIpc) is 2.64. The Bertz CT molecular complexity index is 549. The van der Waals surface area contributed by atoms with Crippen molar-refractivity contribution in [3.05, 3.63) is 29.6 Å². The maximum atomic E-state index is 10.7. The molecule has 0 aliphatic rings. The highest BCUT2D eigenvalue weighted by Gasteiger charge is 2.10. The van der Waals surface area contributed by atoms with Crippen LogP contribution in [0.2, 0.25) is 0 Å². The molecule has 3 N–H and O–H groups in total. The molecule has 1 aromatic carbocycles. The zero-order valence-corrected chi connectivity index (χ0v) is 8.45. The molecule has 0 unspecified atom stereocenters. The molecule has 0 fully saturated rings. The van der Waals surface area contributed by atoms with E-state index in [1.165, 1.54) is 16.8 Å². The van der Waals surface area contributed by atoms with Gasteiger partial charge in [-0.25, -0.2) is 4.79 Å². The van der Waals surface area contributed by atoms with E-state index in [1.807, 2.05) is 0 Å². The number of carboxylic acid groups (broad SMARTS) is 1. The number of hydrogen-bond acceptors (Lipinski definition) is 5. The van der Waals surface area contributed by atoms with E-state index in [9.17, 15) is 4.79 Å². The summed E-state index contributed by atoms with van der Waals surface area (Å²) >= 11 is 0. The molecule has 0 bridgehead atoms. The zero-order chi connectivity index (χ0) is 11.7. The third-order valence-electron chi connectivity index (χ3n) is 2.13. The van der Waals surface area contributed by atoms with Crippen molar-refractivity contribution in [2.75, 3.05) is 5.73 Å². The van der Waals surface area contributed by atoms with E-state index in [-0.39, 0.29) is 5.56 Å². The molecular weight excluding hydrogens is 210 g/mol. The minimum atomic E-state index is -1.02. The first-order valence-corrected chi connectivity index (χ1v) is 4.48. The maximum absolute atomic E-state index is 10.7. The quantitative estimate of drug-likeness (QED) is 0.701. The fourth-order valence-corrected chi connectivity index (χ4v) is 1.33. The van der Waals surface area contributed by atoms with Crippen LogP contribution in [0.4, 0.5) is 5.69 Å². The first-order valence-electron chi connectivity index (χ1n) is 4.48. The van der Waals surface area contributed by atoms with Crippen molar-refractivity contribution in [3.8, 4) is 5.69 Å². The summed E-state index contributed by atoms with van der Waals surface area (Å²) in [5, 5.41) is 19.7. The second-order valence-corrected chi connectivity index (χ2v) is 3.22. The van der Waals surface area contributed by atoms with E-state index in [4.69, 9.17) is 10.8 Å². The number of benzene rings is 1. The van der Waals surface area contributed by atoms with Crippen molar-refractivity contribution in [2.45, 2.75) is 6.92 Å². The molecule has 0 aliphatic heterocycles. The van der Waals surface area contributed by atoms with Crippen LogP contribution in [-0.2, 0) is 0 Å². The summed E-state index contributed by atoms with van der Waals surface area (Å²) < 4.78 is 1.45. The van der Waals surface area contributed by atoms with E-state index >= 15 is 0 Å². The van der Waals surface area contributed by atoms with E-state index in [1.54, 1.807) is 13.0 Å². The fourth-order valence-electron chi connectivity index (χ4n) is 1.33. The Labute approximate surface area is 90.5 Å². The Morgan fingerprint density at radius 3 is 2.75 bits per heavy atom. The number of carboxylic acids is 1. The van der Waals surface area contributed by atoms with Crippen LogP contribution in [0, 0.1) is 6.92 Å². The number of nitrogen functional groups attached to an aromatic ring is 1. The van der Waals surface area contributed by atoms with Gasteiger partial charge in [0.25, 0.3) is 0 Å². The van der Waals surface area contributed by atoms with Gasteiger partial charge in [0.05, 0.1) is 16.9 Å². The Hall–Kier alpha value is -2.44. The molecular formula is C9H9N5O2. The first kappa shape index (κ1) is 10.1. The zero-order valence-electron chi connectivity index (χ0n) is 8.45. The topological polar surface area (TPSA) is 107 Å². The number of anilines is 1. The highest BCUT2D eigenvalue weighted by Crippen LogP contribution is 2.18. The SMILES string of the molecule is Cc1nnnn1-c1ccc(C(=O)O)cc1N. The molecule has 0 radical (unpaired) electrons. The number of aromatic carboxylic acids is 1. The number of aryl methyl sites for hydroxylation is 1. The average molecular weight is 219 g/mol. The summed E-state index contributed by atoms with van der Waals surface area (Å²) in [7, 11) is 0. The Kier molecular flexibility index (Phi) is 2.28. The number of aromatic nitrogens is 4. The predicted molar refractivity (Wildman–Crippen MR) is 55.3 cm³/mol. The molecule has 0 atom stereocenters. The van der Waals surface area contributed by atoms with Gasteiger partial charge in [0.1, 0.15) is 0 Å². The molecule has 1 heterocycles. The molecule has 0 aliphatic carbocycles. The molecule has 2 rings (SSSR count). The summed E-state index contributed by atoms with van der Waals surface area (Å²) in [5.41, 5.74) is 6.75. The van der Waals surface area contributed by atoms with Crippen molar-refractivity contribution in [1.82, 2.24) is 20.2 Å². The lowest BCUT2D eigenvalue weighted by atomic mass is 10.2. The number of carbonyl (C=O) groups is 1. The third kappa shape index (κ3) is 1.58. The smallest absolute Gasteiger partial charge is 0.335 e. The third-order valence-corrected chi connectivity index (χ3v) is 2.13. The van der Waals surface area contributed by atoms with Crippen LogP contribution in [0.25, 0.3) is 5.69 Å². The van der Waals surface area contributed by atoms with Crippen LogP contribution in [0.5, 0.6) is 0 Å². The Balaban J connectivity index is 2.52. The Morgan fingerprint density at radius 1 is 1.50 bits per heavy atom. The number of tetrazole rings is 1. The van der Waals surface area contributed by atoms with Gasteiger partial charge < -0.3 is 10.8 Å². The van der Waals surface area contributed by atoms with Crippen molar-refractivity contribution >= 4 is 11.7 Å². The van der Waals surface area contributed by atoms with Gasteiger partial charge in [-0.15, -0.1) is 5.10 Å². The molecule has 2 aromatic rings. The van der Waals surface area contributed by atoms with Gasteiger partial charge in [0.2, 0.25) is 0 Å². The van der Waals surface area contributed by atoms with Crippen LogP contribution in [-0.4, -0.2) is 31.3 Å². The fraction of sp³-hybridized carbons (Fsp3) is 0.111. The number of hydrogen-bond donors (Lipinski definition) is 2. The lowest BCUT2D eigenvalue weighted by molar-refractivity contribution is 0.0697. The monoisotopic (exact) mass is 219 g/mol. The van der Waals surface area contributed by atoms with Crippen LogP contribution in [0.15, 0.2) is 18.2 Å². The minimum absolute atomic E-state index is 0.131. The first-order chi connectivity index (χ1) is 7.59. The number of nitrogens with two attached hydrogens (primary N) is 1. The number of rotatable bonds is 2. The molecule has 16 heavy (non-hydrogen) atoms. The van der Waals surface area contributed by atoms with Crippen LogP contribution < -0.4 is 5.73 Å². The normalized spacial score (nSPS) is 10.3. The summed E-state index contributed by atoms with van der Waals surface area (Å²) in [5.74, 6) is -0.443. The molecule has 7 nitrogen and oxygen atoms in total. The lowest BCUT2D eigenvalue weighted by Gasteiger charge is -2.06. The van der Waals surface area contributed by atoms with Crippen molar-refractivity contribution in [2.24, 2.45) is 0 Å². The van der Waals surface area contributed by atoms with Gasteiger partial charge in [-0.3, -0.25) is 0 Å². The van der Waals surface area contributed by atoms with Crippen LogP contribution in [0.3, 0.4) is 0 Å². The largest absolute Gasteiger partial charge is 0.478 e. The second-order valence-electron chi connectivity index (χ2n) is 3.22. The highest BCUT2D eigenvalue weighted by atomic mass is 16.4. The standard InChI is InChI=1S/C9H9N5O2/c1-5-11-12-13-14(5)8-3-2-6(9(15)16)4-7(8)10/h2-4H,10H2,1H3,(H,15,16). The van der Waals surface area contributed by atoms with Gasteiger partial charge in [-0.05, 0) is 35.5 Å². The van der Waals surface area contributed by atoms with E-state index < -0.39 is 5.97 Å². The molecule has 0 saturated heterocycles. The Morgan fingerprint density at radius 2 is 2.25 bits per heavy atom. The molecule has 0 spiro atoms. The van der Waals surface area contributed by atoms with E-state index in [0.717, 1.165) is 0 Å². The molecule has 7 heteroatoms. The van der Waals surface area contributed by atoms with Gasteiger partial charge >= 0.3 is 5.97 Å². The highest BCUT2D eigenvalue weighted by molar-refractivity contribution is 5.89. The summed E-state index contributed by atoms with van der Waals surface area (Å²) in [6, 6.07) is 4.40. The summed E-state index contributed by atoms with van der Waals surface area (Å²) in [6.45, 7) is 1.73. The molecule has 82 valence electrons. The molecule has 0 amide bonds. The molecule has 1 aromatic heterocycles. The van der Waals surface area contributed by atoms with Gasteiger partial charge in [0.15, 0.2) is 5.82 Å². The van der Waals surface area contributed by atoms with Gasteiger partial charge in [0, 0.05) is 0 Å². The number of nitrogens with zero attached hydrogens (tertiary/aromatic N) is 4.